The van der Waals surface area contributed by atoms with Gasteiger partial charge in [-0.2, -0.15) is 0 Å². The van der Waals surface area contributed by atoms with Gasteiger partial charge in [0.05, 0.1) is 12.8 Å². The summed E-state index contributed by atoms with van der Waals surface area (Å²) in [4.78, 5) is 44.2. The molecule has 0 aromatic heterocycles. The number of ketones is 2. The largest absolute Gasteiger partial charge is 0.481 e. The SMILES string of the molecule is O=C(O)CCC(=O)O.O=C(c1ccccc1)c1cccc2ccccc12.O=C(c1ccccc1)c1cccc2ccccc12. The quantitative estimate of drug-likeness (QED) is 0.184. The maximum atomic E-state index is 12.5. The molecule has 0 atom stereocenters. The Bertz CT molecular complexity index is 1740. The molecule has 0 amide bonds. The first kappa shape index (κ1) is 31.1. The van der Waals surface area contributed by atoms with E-state index < -0.39 is 11.9 Å². The molecular formula is C38H30O6. The first-order chi connectivity index (χ1) is 21.3. The Hall–Kier alpha value is -5.88. The molecule has 44 heavy (non-hydrogen) atoms. The number of hydrogen-bond acceptors (Lipinski definition) is 4. The molecule has 0 aliphatic rings. The van der Waals surface area contributed by atoms with E-state index in [2.05, 4.69) is 0 Å². The number of carbonyl (C=O) groups is 4. The summed E-state index contributed by atoms with van der Waals surface area (Å²) in [6.07, 6.45) is -0.593. The molecule has 0 bridgehead atoms. The molecule has 6 aromatic rings. The number of carbonyl (C=O) groups excluding carboxylic acids is 2. The summed E-state index contributed by atoms with van der Waals surface area (Å²) in [7, 11) is 0. The van der Waals surface area contributed by atoms with E-state index in [1.165, 1.54) is 0 Å². The second-order valence-corrected chi connectivity index (χ2v) is 9.73. The van der Waals surface area contributed by atoms with Crippen LogP contribution in [0.3, 0.4) is 0 Å². The number of carboxylic acids is 2. The van der Waals surface area contributed by atoms with Crippen LogP contribution in [0.4, 0.5) is 0 Å². The summed E-state index contributed by atoms with van der Waals surface area (Å²) in [5, 5.41) is 20.0. The summed E-state index contributed by atoms with van der Waals surface area (Å²) < 4.78 is 0. The van der Waals surface area contributed by atoms with Crippen LogP contribution in [-0.2, 0) is 9.59 Å². The van der Waals surface area contributed by atoms with Crippen LogP contribution in [0.5, 0.6) is 0 Å². The zero-order chi connectivity index (χ0) is 31.3. The Labute approximate surface area is 254 Å². The predicted molar refractivity (Wildman–Crippen MR) is 172 cm³/mol. The maximum Gasteiger partial charge on any atom is 0.303 e. The molecule has 2 N–H and O–H groups in total. The van der Waals surface area contributed by atoms with Crippen molar-refractivity contribution in [1.82, 2.24) is 0 Å². The minimum absolute atomic E-state index is 0.0763. The summed E-state index contributed by atoms with van der Waals surface area (Å²) >= 11 is 0. The molecule has 0 saturated heterocycles. The van der Waals surface area contributed by atoms with Crippen LogP contribution in [0.1, 0.15) is 44.7 Å². The van der Waals surface area contributed by atoms with Crippen LogP contribution in [0, 0.1) is 0 Å². The highest BCUT2D eigenvalue weighted by Gasteiger charge is 2.12. The lowest BCUT2D eigenvalue weighted by atomic mass is 9.97. The topological polar surface area (TPSA) is 109 Å². The van der Waals surface area contributed by atoms with E-state index in [1.54, 1.807) is 0 Å². The number of fused-ring (bicyclic) bond motifs is 2. The van der Waals surface area contributed by atoms with Crippen molar-refractivity contribution in [3.05, 3.63) is 168 Å². The molecule has 6 heteroatoms. The van der Waals surface area contributed by atoms with Crippen LogP contribution >= 0.6 is 0 Å². The Balaban J connectivity index is 0.000000163. The fourth-order valence-corrected chi connectivity index (χ4v) is 4.55. The molecule has 6 nitrogen and oxygen atoms in total. The second kappa shape index (κ2) is 15.4. The fraction of sp³-hybridized carbons (Fsp3) is 0.0526. The van der Waals surface area contributed by atoms with Gasteiger partial charge in [-0.1, -0.05) is 146 Å². The number of rotatable bonds is 7. The van der Waals surface area contributed by atoms with E-state index in [-0.39, 0.29) is 24.4 Å². The standard InChI is InChI=1S/2C17H12O.C4H6O4/c2*18-17(14-8-2-1-3-9-14)16-12-6-10-13-7-4-5-11-15(13)16;5-3(6)1-2-4(7)8/h2*1-12H;1-2H2,(H,5,6)(H,7,8). The average molecular weight is 583 g/mol. The molecule has 0 fully saturated rings. The smallest absolute Gasteiger partial charge is 0.303 e. The van der Waals surface area contributed by atoms with Crippen molar-refractivity contribution >= 4 is 45.0 Å². The third kappa shape index (κ3) is 8.33. The average Bonchev–Trinajstić information content (AvgIpc) is 3.07. The van der Waals surface area contributed by atoms with Crippen LogP contribution < -0.4 is 0 Å². The van der Waals surface area contributed by atoms with Gasteiger partial charge in [0.2, 0.25) is 0 Å². The normalized spacial score (nSPS) is 10.1. The highest BCUT2D eigenvalue weighted by molar-refractivity contribution is 6.17. The molecule has 0 heterocycles. The third-order valence-corrected chi connectivity index (χ3v) is 6.69. The summed E-state index contributed by atoms with van der Waals surface area (Å²) in [5.74, 6) is -2.00. The van der Waals surface area contributed by atoms with Gasteiger partial charge in [-0.3, -0.25) is 19.2 Å². The van der Waals surface area contributed by atoms with Crippen LogP contribution in [0.2, 0.25) is 0 Å². The van der Waals surface area contributed by atoms with E-state index in [0.29, 0.717) is 0 Å². The monoisotopic (exact) mass is 582 g/mol. The zero-order valence-corrected chi connectivity index (χ0v) is 23.8. The summed E-state index contributed by atoms with van der Waals surface area (Å²) in [6.45, 7) is 0. The minimum Gasteiger partial charge on any atom is -0.481 e. The van der Waals surface area contributed by atoms with Crippen molar-refractivity contribution in [1.29, 1.82) is 0 Å². The molecule has 218 valence electrons. The first-order valence-electron chi connectivity index (χ1n) is 13.9. The van der Waals surface area contributed by atoms with Crippen molar-refractivity contribution in [2.75, 3.05) is 0 Å². The zero-order valence-electron chi connectivity index (χ0n) is 23.8. The molecular weight excluding hydrogens is 552 g/mol. The lowest BCUT2D eigenvalue weighted by molar-refractivity contribution is -0.143. The van der Waals surface area contributed by atoms with Crippen molar-refractivity contribution in [2.24, 2.45) is 0 Å². The van der Waals surface area contributed by atoms with E-state index in [4.69, 9.17) is 10.2 Å². The van der Waals surface area contributed by atoms with Gasteiger partial charge >= 0.3 is 11.9 Å². The lowest BCUT2D eigenvalue weighted by Crippen LogP contribution is -2.01. The molecule has 0 saturated carbocycles. The van der Waals surface area contributed by atoms with Crippen LogP contribution in [0.25, 0.3) is 21.5 Å². The molecule has 6 aromatic carbocycles. The summed E-state index contributed by atoms with van der Waals surface area (Å²) in [6, 6.07) is 46.4. The first-order valence-corrected chi connectivity index (χ1v) is 13.9. The van der Waals surface area contributed by atoms with Gasteiger partial charge in [0.15, 0.2) is 11.6 Å². The predicted octanol–water partition coefficient (Wildman–Crippen LogP) is 8.08. The van der Waals surface area contributed by atoms with Gasteiger partial charge in [-0.15, -0.1) is 0 Å². The Morgan fingerprint density at radius 2 is 0.705 bits per heavy atom. The molecule has 0 aliphatic carbocycles. The maximum absolute atomic E-state index is 12.5. The molecule has 6 rings (SSSR count). The van der Waals surface area contributed by atoms with Crippen molar-refractivity contribution in [2.45, 2.75) is 12.8 Å². The van der Waals surface area contributed by atoms with Gasteiger partial charge in [0.25, 0.3) is 0 Å². The van der Waals surface area contributed by atoms with Gasteiger partial charge in [-0.25, -0.2) is 0 Å². The number of hydrogen-bond donors (Lipinski definition) is 2. The van der Waals surface area contributed by atoms with Crippen LogP contribution in [-0.4, -0.2) is 33.7 Å². The van der Waals surface area contributed by atoms with Gasteiger partial charge < -0.3 is 10.2 Å². The number of benzene rings is 6. The Morgan fingerprint density at radius 3 is 1.07 bits per heavy atom. The van der Waals surface area contributed by atoms with E-state index >= 15 is 0 Å². The fourth-order valence-electron chi connectivity index (χ4n) is 4.55. The highest BCUT2D eigenvalue weighted by atomic mass is 16.4. The number of aliphatic carboxylic acids is 2. The molecule has 0 aliphatic heterocycles. The number of carboxylic acid groups (broad SMARTS) is 2. The highest BCUT2D eigenvalue weighted by Crippen LogP contribution is 2.22. The van der Waals surface area contributed by atoms with E-state index in [9.17, 15) is 19.2 Å². The lowest BCUT2D eigenvalue weighted by Gasteiger charge is -2.05. The van der Waals surface area contributed by atoms with E-state index in [1.807, 2.05) is 146 Å². The summed E-state index contributed by atoms with van der Waals surface area (Å²) in [5.41, 5.74) is 2.99. The van der Waals surface area contributed by atoms with Crippen LogP contribution in [0.15, 0.2) is 146 Å². The Kier molecular flexibility index (Phi) is 10.9. The second-order valence-electron chi connectivity index (χ2n) is 9.73. The van der Waals surface area contributed by atoms with Crippen molar-refractivity contribution in [3.8, 4) is 0 Å². The third-order valence-electron chi connectivity index (χ3n) is 6.69. The molecule has 0 unspecified atom stereocenters. The Morgan fingerprint density at radius 1 is 0.386 bits per heavy atom. The van der Waals surface area contributed by atoms with Crippen molar-refractivity contribution in [3.63, 3.8) is 0 Å². The van der Waals surface area contributed by atoms with E-state index in [0.717, 1.165) is 43.8 Å². The van der Waals surface area contributed by atoms with Gasteiger partial charge in [0.1, 0.15) is 0 Å². The molecule has 0 spiro atoms. The minimum atomic E-state index is -1.08. The molecule has 0 radical (unpaired) electrons. The van der Waals surface area contributed by atoms with Gasteiger partial charge in [-0.05, 0) is 21.5 Å². The van der Waals surface area contributed by atoms with Crippen molar-refractivity contribution < 1.29 is 29.4 Å². The van der Waals surface area contributed by atoms with Gasteiger partial charge in [0, 0.05) is 22.3 Å².